The number of hydrogen-bond donors (Lipinski definition) is 0. The fourth-order valence-corrected chi connectivity index (χ4v) is 2.68. The van der Waals surface area contributed by atoms with Gasteiger partial charge in [-0.05, 0) is 53.1 Å². The predicted octanol–water partition coefficient (Wildman–Crippen LogP) is 3.87. The Kier molecular flexibility index (Phi) is 2.65. The molecule has 5 heteroatoms. The molecule has 1 aromatic rings. The SMILES string of the molecule is N#CC1(c2ccc(C(F)(F)F)cc2I)CC1. The Bertz CT molecular complexity index is 469. The minimum Gasteiger partial charge on any atom is -0.197 e. The van der Waals surface area contributed by atoms with E-state index in [9.17, 15) is 13.2 Å². The summed E-state index contributed by atoms with van der Waals surface area (Å²) in [5.41, 5.74) is -0.460. The monoisotopic (exact) mass is 337 g/mol. The van der Waals surface area contributed by atoms with E-state index >= 15 is 0 Å². The lowest BCUT2D eigenvalue weighted by Crippen LogP contribution is -2.09. The van der Waals surface area contributed by atoms with Gasteiger partial charge < -0.3 is 0 Å². The molecule has 2 rings (SSSR count). The maximum atomic E-state index is 12.4. The van der Waals surface area contributed by atoms with Gasteiger partial charge in [0.1, 0.15) is 0 Å². The fraction of sp³-hybridized carbons (Fsp3) is 0.364. The molecule has 0 spiro atoms. The number of alkyl halides is 3. The van der Waals surface area contributed by atoms with Gasteiger partial charge in [-0.25, -0.2) is 0 Å². The molecule has 0 amide bonds. The van der Waals surface area contributed by atoms with Crippen molar-refractivity contribution < 1.29 is 13.2 Å². The van der Waals surface area contributed by atoms with Crippen LogP contribution in [0.3, 0.4) is 0 Å². The third kappa shape index (κ3) is 1.90. The van der Waals surface area contributed by atoms with Crippen LogP contribution in [0, 0.1) is 14.9 Å². The Hall–Kier alpha value is -0.770. The van der Waals surface area contributed by atoms with Crippen molar-refractivity contribution in [2.45, 2.75) is 24.4 Å². The van der Waals surface area contributed by atoms with Gasteiger partial charge in [0, 0.05) is 3.57 Å². The van der Waals surface area contributed by atoms with Gasteiger partial charge in [-0.3, -0.25) is 0 Å². The van der Waals surface area contributed by atoms with E-state index in [1.165, 1.54) is 6.07 Å². The molecule has 0 bridgehead atoms. The zero-order valence-corrected chi connectivity index (χ0v) is 10.3. The van der Waals surface area contributed by atoms with Gasteiger partial charge in [0.05, 0.1) is 17.0 Å². The highest BCUT2D eigenvalue weighted by Gasteiger charge is 2.46. The maximum Gasteiger partial charge on any atom is 0.416 e. The van der Waals surface area contributed by atoms with Crippen molar-refractivity contribution >= 4 is 22.6 Å². The van der Waals surface area contributed by atoms with Crippen molar-refractivity contribution in [2.75, 3.05) is 0 Å². The highest BCUT2D eigenvalue weighted by Crippen LogP contribution is 2.49. The average Bonchev–Trinajstić information content (AvgIpc) is 2.97. The molecular weight excluding hydrogens is 330 g/mol. The minimum atomic E-state index is -4.32. The second kappa shape index (κ2) is 3.62. The number of halogens is 4. The lowest BCUT2D eigenvalue weighted by atomic mass is 9.96. The second-order valence-electron chi connectivity index (χ2n) is 3.89. The van der Waals surface area contributed by atoms with E-state index in [4.69, 9.17) is 5.26 Å². The van der Waals surface area contributed by atoms with Gasteiger partial charge in [-0.1, -0.05) is 6.07 Å². The first kappa shape index (κ1) is 11.7. The molecule has 0 aliphatic heterocycles. The van der Waals surface area contributed by atoms with E-state index in [1.54, 1.807) is 0 Å². The summed E-state index contributed by atoms with van der Waals surface area (Å²) in [6, 6.07) is 5.77. The highest BCUT2D eigenvalue weighted by molar-refractivity contribution is 14.1. The molecule has 0 radical (unpaired) electrons. The van der Waals surface area contributed by atoms with Gasteiger partial charge in [-0.15, -0.1) is 0 Å². The van der Waals surface area contributed by atoms with Crippen molar-refractivity contribution in [3.63, 3.8) is 0 Å². The number of rotatable bonds is 1. The van der Waals surface area contributed by atoms with Gasteiger partial charge in [0.15, 0.2) is 0 Å². The number of hydrogen-bond acceptors (Lipinski definition) is 1. The van der Waals surface area contributed by atoms with Crippen LogP contribution in [-0.4, -0.2) is 0 Å². The molecular formula is C11H7F3IN. The third-order valence-electron chi connectivity index (χ3n) is 2.78. The summed E-state index contributed by atoms with van der Waals surface area (Å²) in [7, 11) is 0. The summed E-state index contributed by atoms with van der Waals surface area (Å²) in [4.78, 5) is 0. The summed E-state index contributed by atoms with van der Waals surface area (Å²) >= 11 is 1.86. The van der Waals surface area contributed by atoms with Gasteiger partial charge in [0.2, 0.25) is 0 Å². The number of benzene rings is 1. The summed E-state index contributed by atoms with van der Waals surface area (Å²) in [5.74, 6) is 0. The first-order valence-corrected chi connectivity index (χ1v) is 5.75. The lowest BCUT2D eigenvalue weighted by Gasteiger charge is -2.12. The van der Waals surface area contributed by atoms with Gasteiger partial charge >= 0.3 is 6.18 Å². The molecule has 1 fully saturated rings. The van der Waals surface area contributed by atoms with E-state index in [2.05, 4.69) is 6.07 Å². The zero-order valence-electron chi connectivity index (χ0n) is 8.11. The molecule has 0 N–H and O–H groups in total. The van der Waals surface area contributed by atoms with Crippen LogP contribution in [0.2, 0.25) is 0 Å². The van der Waals surface area contributed by atoms with Crippen molar-refractivity contribution in [2.24, 2.45) is 0 Å². The molecule has 1 saturated carbocycles. The Labute approximate surface area is 104 Å². The third-order valence-corrected chi connectivity index (χ3v) is 3.67. The zero-order chi connectivity index (χ0) is 12.0. The molecule has 16 heavy (non-hydrogen) atoms. The molecule has 0 heterocycles. The van der Waals surface area contributed by atoms with Crippen LogP contribution >= 0.6 is 22.6 Å². The Morgan fingerprint density at radius 1 is 1.31 bits per heavy atom. The lowest BCUT2D eigenvalue weighted by molar-refractivity contribution is -0.137. The molecule has 0 saturated heterocycles. The topological polar surface area (TPSA) is 23.8 Å². The van der Waals surface area contributed by atoms with Gasteiger partial charge in [0.25, 0.3) is 0 Å². The molecule has 0 aromatic heterocycles. The van der Waals surface area contributed by atoms with E-state index in [1.807, 2.05) is 22.6 Å². The van der Waals surface area contributed by atoms with E-state index in [0.29, 0.717) is 3.57 Å². The molecule has 0 unspecified atom stereocenters. The smallest absolute Gasteiger partial charge is 0.197 e. The normalized spacial score (nSPS) is 17.9. The van der Waals surface area contributed by atoms with Crippen LogP contribution in [0.5, 0.6) is 0 Å². The van der Waals surface area contributed by atoms with Crippen LogP contribution in [-0.2, 0) is 11.6 Å². The molecule has 84 valence electrons. The summed E-state index contributed by atoms with van der Waals surface area (Å²) in [5, 5.41) is 8.99. The van der Waals surface area contributed by atoms with E-state index in [-0.39, 0.29) is 0 Å². The number of nitriles is 1. The maximum absolute atomic E-state index is 12.4. The minimum absolute atomic E-state index is 0.520. The Morgan fingerprint density at radius 2 is 1.94 bits per heavy atom. The average molecular weight is 337 g/mol. The molecule has 1 aliphatic rings. The van der Waals surface area contributed by atoms with Crippen LogP contribution in [0.1, 0.15) is 24.0 Å². The van der Waals surface area contributed by atoms with E-state index in [0.717, 1.165) is 30.5 Å². The van der Waals surface area contributed by atoms with Crippen molar-refractivity contribution in [1.82, 2.24) is 0 Å². The van der Waals surface area contributed by atoms with Crippen molar-refractivity contribution in [1.29, 1.82) is 5.26 Å². The largest absolute Gasteiger partial charge is 0.416 e. The van der Waals surface area contributed by atoms with Crippen LogP contribution in [0.25, 0.3) is 0 Å². The van der Waals surface area contributed by atoms with Crippen molar-refractivity contribution in [3.05, 3.63) is 32.9 Å². The van der Waals surface area contributed by atoms with Crippen LogP contribution in [0.4, 0.5) is 13.2 Å². The quantitative estimate of drug-likeness (QED) is 0.714. The van der Waals surface area contributed by atoms with Crippen LogP contribution < -0.4 is 0 Å². The molecule has 1 nitrogen and oxygen atoms in total. The van der Waals surface area contributed by atoms with E-state index < -0.39 is 17.2 Å². The molecule has 1 aliphatic carbocycles. The fourth-order valence-electron chi connectivity index (χ4n) is 1.65. The summed E-state index contributed by atoms with van der Waals surface area (Å²) in [6.07, 6.45) is -2.84. The standard InChI is InChI=1S/C11H7F3IN/c12-11(13,14)7-1-2-8(9(15)5-7)10(6-16)3-4-10/h1-2,5H,3-4H2. The first-order valence-electron chi connectivity index (χ1n) is 4.67. The molecule has 1 aromatic carbocycles. The predicted molar refractivity (Wildman–Crippen MR) is 60.7 cm³/mol. The summed E-state index contributed by atoms with van der Waals surface area (Å²) in [6.45, 7) is 0. The van der Waals surface area contributed by atoms with Gasteiger partial charge in [-0.2, -0.15) is 18.4 Å². The van der Waals surface area contributed by atoms with Crippen molar-refractivity contribution in [3.8, 4) is 6.07 Å². The van der Waals surface area contributed by atoms with Crippen LogP contribution in [0.15, 0.2) is 18.2 Å². The molecule has 0 atom stereocenters. The Morgan fingerprint density at radius 3 is 2.31 bits per heavy atom. The number of nitrogens with zero attached hydrogens (tertiary/aromatic N) is 1. The summed E-state index contributed by atoms with van der Waals surface area (Å²) < 4.78 is 37.8. The Balaban J connectivity index is 2.43. The first-order chi connectivity index (χ1) is 7.39. The highest BCUT2D eigenvalue weighted by atomic mass is 127. The second-order valence-corrected chi connectivity index (χ2v) is 5.05.